The second-order valence-electron chi connectivity index (χ2n) is 5.63. The average Bonchev–Trinajstić information content (AvgIpc) is 2.61. The Morgan fingerprint density at radius 1 is 1.00 bits per heavy atom. The standard InChI is InChI=1S/C19H22ClNO4/c1-12(9-13-5-7-17(24-3)18(10-13)25-4)19(22)21-15-11-14(20)6-8-16(15)23-2/h5-8,10-12H,9H2,1-4H3,(H,21,22). The van der Waals surface area contributed by atoms with E-state index in [1.807, 2.05) is 25.1 Å². The molecule has 5 nitrogen and oxygen atoms in total. The minimum atomic E-state index is -0.248. The molecule has 134 valence electrons. The largest absolute Gasteiger partial charge is 0.495 e. The molecule has 2 rings (SSSR count). The highest BCUT2D eigenvalue weighted by Gasteiger charge is 2.17. The van der Waals surface area contributed by atoms with Crippen LogP contribution in [-0.2, 0) is 11.2 Å². The minimum absolute atomic E-state index is 0.115. The second-order valence-corrected chi connectivity index (χ2v) is 6.06. The molecule has 0 aliphatic carbocycles. The molecule has 0 bridgehead atoms. The molecule has 0 radical (unpaired) electrons. The van der Waals surface area contributed by atoms with E-state index in [0.717, 1.165) is 5.56 Å². The molecule has 0 saturated heterocycles. The Morgan fingerprint density at radius 2 is 1.64 bits per heavy atom. The Balaban J connectivity index is 2.09. The van der Waals surface area contributed by atoms with Crippen LogP contribution in [0, 0.1) is 5.92 Å². The third-order valence-corrected chi connectivity index (χ3v) is 4.09. The summed E-state index contributed by atoms with van der Waals surface area (Å²) in [5, 5.41) is 3.40. The Hall–Kier alpha value is -2.40. The summed E-state index contributed by atoms with van der Waals surface area (Å²) in [6.45, 7) is 1.86. The molecule has 1 atom stereocenters. The van der Waals surface area contributed by atoms with Crippen molar-refractivity contribution in [1.82, 2.24) is 0 Å². The number of nitrogens with one attached hydrogen (secondary N) is 1. The van der Waals surface area contributed by atoms with Crippen LogP contribution in [0.5, 0.6) is 17.2 Å². The maximum Gasteiger partial charge on any atom is 0.227 e. The van der Waals surface area contributed by atoms with Gasteiger partial charge in [-0.25, -0.2) is 0 Å². The lowest BCUT2D eigenvalue weighted by atomic mass is 10.00. The Bertz CT molecular complexity index is 748. The van der Waals surface area contributed by atoms with Gasteiger partial charge in [-0.1, -0.05) is 24.6 Å². The van der Waals surface area contributed by atoms with Gasteiger partial charge in [0.25, 0.3) is 0 Å². The van der Waals surface area contributed by atoms with Crippen molar-refractivity contribution < 1.29 is 19.0 Å². The maximum atomic E-state index is 12.5. The molecule has 6 heteroatoms. The van der Waals surface area contributed by atoms with Crippen LogP contribution in [0.3, 0.4) is 0 Å². The van der Waals surface area contributed by atoms with Crippen molar-refractivity contribution in [3.63, 3.8) is 0 Å². The van der Waals surface area contributed by atoms with E-state index < -0.39 is 0 Å². The lowest BCUT2D eigenvalue weighted by Gasteiger charge is -2.15. The highest BCUT2D eigenvalue weighted by molar-refractivity contribution is 6.31. The number of benzene rings is 2. The summed E-state index contributed by atoms with van der Waals surface area (Å²) >= 11 is 6.00. The summed E-state index contributed by atoms with van der Waals surface area (Å²) in [6.07, 6.45) is 0.565. The van der Waals surface area contributed by atoms with E-state index in [1.165, 1.54) is 0 Å². The van der Waals surface area contributed by atoms with Gasteiger partial charge in [-0.05, 0) is 42.3 Å². The average molecular weight is 364 g/mol. The van der Waals surface area contributed by atoms with Gasteiger partial charge in [0.05, 0.1) is 27.0 Å². The number of methoxy groups -OCH3 is 3. The third-order valence-electron chi connectivity index (χ3n) is 3.86. The molecular weight excluding hydrogens is 342 g/mol. The van der Waals surface area contributed by atoms with Crippen LogP contribution in [0.15, 0.2) is 36.4 Å². The van der Waals surface area contributed by atoms with Crippen molar-refractivity contribution in [1.29, 1.82) is 0 Å². The molecule has 0 heterocycles. The van der Waals surface area contributed by atoms with E-state index in [9.17, 15) is 4.79 Å². The number of ether oxygens (including phenoxy) is 3. The number of hydrogen-bond donors (Lipinski definition) is 1. The zero-order valence-electron chi connectivity index (χ0n) is 14.8. The molecule has 2 aromatic rings. The van der Waals surface area contributed by atoms with Gasteiger partial charge < -0.3 is 19.5 Å². The molecule has 0 aromatic heterocycles. The van der Waals surface area contributed by atoms with Gasteiger partial charge in [0.1, 0.15) is 5.75 Å². The molecular formula is C19H22ClNO4. The number of carbonyl (C=O) groups is 1. The smallest absolute Gasteiger partial charge is 0.227 e. The van der Waals surface area contributed by atoms with E-state index in [2.05, 4.69) is 5.32 Å². The molecule has 1 unspecified atom stereocenters. The number of halogens is 1. The summed E-state index contributed by atoms with van der Waals surface area (Å²) in [4.78, 5) is 12.5. The Morgan fingerprint density at radius 3 is 2.28 bits per heavy atom. The van der Waals surface area contributed by atoms with Crippen molar-refractivity contribution >= 4 is 23.2 Å². The van der Waals surface area contributed by atoms with E-state index in [4.69, 9.17) is 25.8 Å². The number of amides is 1. The van der Waals surface area contributed by atoms with Crippen LogP contribution in [0.2, 0.25) is 5.02 Å². The molecule has 1 N–H and O–H groups in total. The van der Waals surface area contributed by atoms with Gasteiger partial charge in [0.15, 0.2) is 11.5 Å². The first-order valence-corrected chi connectivity index (χ1v) is 8.21. The summed E-state index contributed by atoms with van der Waals surface area (Å²) in [7, 11) is 4.72. The first-order valence-electron chi connectivity index (χ1n) is 7.83. The Labute approximate surface area is 152 Å². The van der Waals surface area contributed by atoms with Crippen LogP contribution in [0.4, 0.5) is 5.69 Å². The lowest BCUT2D eigenvalue weighted by Crippen LogP contribution is -2.22. The van der Waals surface area contributed by atoms with Crippen molar-refractivity contribution in [2.24, 2.45) is 5.92 Å². The first-order chi connectivity index (χ1) is 12.0. The van der Waals surface area contributed by atoms with Crippen molar-refractivity contribution in [2.75, 3.05) is 26.6 Å². The highest BCUT2D eigenvalue weighted by atomic mass is 35.5. The normalized spacial score (nSPS) is 11.6. The molecule has 0 saturated carbocycles. The predicted molar refractivity (Wildman–Crippen MR) is 99.0 cm³/mol. The summed E-state index contributed by atoms with van der Waals surface area (Å²) in [6, 6.07) is 10.7. The van der Waals surface area contributed by atoms with E-state index in [0.29, 0.717) is 34.4 Å². The van der Waals surface area contributed by atoms with Gasteiger partial charge >= 0.3 is 0 Å². The minimum Gasteiger partial charge on any atom is -0.495 e. The third kappa shape index (κ3) is 4.79. The molecule has 2 aromatic carbocycles. The quantitative estimate of drug-likeness (QED) is 0.801. The van der Waals surface area contributed by atoms with Gasteiger partial charge in [-0.3, -0.25) is 4.79 Å². The fraction of sp³-hybridized carbons (Fsp3) is 0.316. The van der Waals surface area contributed by atoms with Gasteiger partial charge in [-0.15, -0.1) is 0 Å². The number of rotatable bonds is 7. The number of anilines is 1. The molecule has 0 spiro atoms. The van der Waals surface area contributed by atoms with E-state index in [-0.39, 0.29) is 11.8 Å². The van der Waals surface area contributed by atoms with Crippen LogP contribution >= 0.6 is 11.6 Å². The van der Waals surface area contributed by atoms with Gasteiger partial charge in [0.2, 0.25) is 5.91 Å². The van der Waals surface area contributed by atoms with Crippen LogP contribution < -0.4 is 19.5 Å². The van der Waals surface area contributed by atoms with E-state index >= 15 is 0 Å². The maximum absolute atomic E-state index is 12.5. The van der Waals surface area contributed by atoms with Gasteiger partial charge in [-0.2, -0.15) is 0 Å². The van der Waals surface area contributed by atoms with Crippen molar-refractivity contribution in [3.05, 3.63) is 47.0 Å². The van der Waals surface area contributed by atoms with Crippen LogP contribution in [-0.4, -0.2) is 27.2 Å². The molecule has 0 aliphatic rings. The lowest BCUT2D eigenvalue weighted by molar-refractivity contribution is -0.119. The second kappa shape index (κ2) is 8.62. The predicted octanol–water partition coefficient (Wildman–Crippen LogP) is 4.18. The van der Waals surface area contributed by atoms with Crippen LogP contribution in [0.1, 0.15) is 12.5 Å². The molecule has 25 heavy (non-hydrogen) atoms. The van der Waals surface area contributed by atoms with Crippen molar-refractivity contribution in [3.8, 4) is 17.2 Å². The topological polar surface area (TPSA) is 56.8 Å². The molecule has 0 fully saturated rings. The zero-order valence-corrected chi connectivity index (χ0v) is 15.5. The van der Waals surface area contributed by atoms with Crippen LogP contribution in [0.25, 0.3) is 0 Å². The fourth-order valence-corrected chi connectivity index (χ4v) is 2.66. The summed E-state index contributed by atoms with van der Waals surface area (Å²) in [5.74, 6) is 1.50. The summed E-state index contributed by atoms with van der Waals surface area (Å²) < 4.78 is 15.8. The summed E-state index contributed by atoms with van der Waals surface area (Å²) in [5.41, 5.74) is 1.54. The van der Waals surface area contributed by atoms with Gasteiger partial charge in [0, 0.05) is 10.9 Å². The first kappa shape index (κ1) is 18.9. The molecule has 1 amide bonds. The molecule has 0 aliphatic heterocycles. The fourth-order valence-electron chi connectivity index (χ4n) is 2.49. The SMILES string of the molecule is COc1ccc(Cl)cc1NC(=O)C(C)Cc1ccc(OC)c(OC)c1. The Kier molecular flexibility index (Phi) is 6.53. The number of hydrogen-bond acceptors (Lipinski definition) is 4. The van der Waals surface area contributed by atoms with Crippen molar-refractivity contribution in [2.45, 2.75) is 13.3 Å². The van der Waals surface area contributed by atoms with E-state index in [1.54, 1.807) is 39.5 Å². The zero-order chi connectivity index (χ0) is 18.4. The number of carbonyl (C=O) groups excluding carboxylic acids is 1. The highest BCUT2D eigenvalue weighted by Crippen LogP contribution is 2.30. The monoisotopic (exact) mass is 363 g/mol.